The zero-order valence-electron chi connectivity index (χ0n) is 13.8. The minimum atomic E-state index is -0.192. The molecular formula is C16H19N5O3. The maximum absolute atomic E-state index is 12.7. The number of fused-ring (bicyclic) bond motifs is 1. The van der Waals surface area contributed by atoms with Crippen LogP contribution >= 0.6 is 0 Å². The minimum absolute atomic E-state index is 0.0315. The summed E-state index contributed by atoms with van der Waals surface area (Å²) >= 11 is 0. The van der Waals surface area contributed by atoms with Gasteiger partial charge in [0.25, 0.3) is 11.8 Å². The second-order valence-corrected chi connectivity index (χ2v) is 6.31. The molecule has 0 saturated carbocycles. The first-order valence-corrected chi connectivity index (χ1v) is 8.10. The fourth-order valence-corrected chi connectivity index (χ4v) is 3.40. The molecule has 2 aromatic rings. The van der Waals surface area contributed by atoms with Crippen LogP contribution in [0.3, 0.4) is 0 Å². The van der Waals surface area contributed by atoms with E-state index in [1.54, 1.807) is 16.5 Å². The molecule has 2 aromatic heterocycles. The van der Waals surface area contributed by atoms with Crippen LogP contribution in [0.2, 0.25) is 0 Å². The van der Waals surface area contributed by atoms with E-state index in [-0.39, 0.29) is 11.8 Å². The van der Waals surface area contributed by atoms with E-state index in [0.717, 1.165) is 37.2 Å². The Morgan fingerprint density at radius 1 is 1.12 bits per heavy atom. The number of hydrogen-bond acceptors (Lipinski definition) is 5. The summed E-state index contributed by atoms with van der Waals surface area (Å²) in [5.74, 6) is 0.236. The Labute approximate surface area is 139 Å². The number of rotatable bonds is 2. The van der Waals surface area contributed by atoms with E-state index in [4.69, 9.17) is 4.42 Å². The zero-order chi connectivity index (χ0) is 16.8. The Balaban J connectivity index is 1.59. The number of amides is 2. The van der Waals surface area contributed by atoms with Crippen molar-refractivity contribution in [1.82, 2.24) is 24.6 Å². The largest absolute Gasteiger partial charge is 0.448 e. The molecule has 1 saturated heterocycles. The van der Waals surface area contributed by atoms with E-state index in [9.17, 15) is 9.59 Å². The standard InChI is InChI=1S/C16H19N5O3/c1-10-17-12(9-24-10)15(22)21-7-11-13(8-21)19(2)18-14(11)16(23)20-5-3-4-6-20/h9H,3-8H2,1-2H3. The van der Waals surface area contributed by atoms with Gasteiger partial charge in [-0.2, -0.15) is 5.10 Å². The molecule has 126 valence electrons. The van der Waals surface area contributed by atoms with E-state index in [1.165, 1.54) is 6.26 Å². The monoisotopic (exact) mass is 329 g/mol. The topological polar surface area (TPSA) is 84.5 Å². The van der Waals surface area contributed by atoms with Crippen molar-refractivity contribution < 1.29 is 14.0 Å². The van der Waals surface area contributed by atoms with Gasteiger partial charge in [0, 0.05) is 32.6 Å². The molecule has 0 N–H and O–H groups in total. The molecule has 1 fully saturated rings. The number of hydrogen-bond donors (Lipinski definition) is 0. The first kappa shape index (κ1) is 14.9. The van der Waals surface area contributed by atoms with Gasteiger partial charge >= 0.3 is 0 Å². The number of likely N-dealkylation sites (tertiary alicyclic amines) is 1. The molecule has 8 nitrogen and oxygen atoms in total. The lowest BCUT2D eigenvalue weighted by molar-refractivity contribution is 0.0731. The van der Waals surface area contributed by atoms with Crippen molar-refractivity contribution in [3.05, 3.63) is 34.8 Å². The van der Waals surface area contributed by atoms with Gasteiger partial charge in [0.15, 0.2) is 17.3 Å². The van der Waals surface area contributed by atoms with Gasteiger partial charge in [-0.15, -0.1) is 0 Å². The maximum Gasteiger partial charge on any atom is 0.276 e. The average molecular weight is 329 g/mol. The second-order valence-electron chi connectivity index (χ2n) is 6.31. The summed E-state index contributed by atoms with van der Waals surface area (Å²) in [4.78, 5) is 32.8. The number of aromatic nitrogens is 3. The van der Waals surface area contributed by atoms with Gasteiger partial charge in [0.2, 0.25) is 0 Å². The van der Waals surface area contributed by atoms with Gasteiger partial charge in [0.1, 0.15) is 6.26 Å². The van der Waals surface area contributed by atoms with Crippen molar-refractivity contribution in [3.8, 4) is 0 Å². The van der Waals surface area contributed by atoms with Crippen LogP contribution in [0.15, 0.2) is 10.7 Å². The van der Waals surface area contributed by atoms with Crippen molar-refractivity contribution in [2.75, 3.05) is 13.1 Å². The van der Waals surface area contributed by atoms with E-state index >= 15 is 0 Å². The van der Waals surface area contributed by atoms with Gasteiger partial charge in [-0.05, 0) is 12.8 Å². The first-order chi connectivity index (χ1) is 11.5. The fourth-order valence-electron chi connectivity index (χ4n) is 3.40. The molecular weight excluding hydrogens is 310 g/mol. The smallest absolute Gasteiger partial charge is 0.276 e. The summed E-state index contributed by atoms with van der Waals surface area (Å²) < 4.78 is 6.83. The Bertz CT molecular complexity index is 816. The summed E-state index contributed by atoms with van der Waals surface area (Å²) in [6.45, 7) is 4.07. The molecule has 8 heteroatoms. The molecule has 2 aliphatic heterocycles. The highest BCUT2D eigenvalue weighted by Gasteiger charge is 2.35. The lowest BCUT2D eigenvalue weighted by Gasteiger charge is -2.16. The first-order valence-electron chi connectivity index (χ1n) is 8.10. The summed E-state index contributed by atoms with van der Waals surface area (Å²) in [6.07, 6.45) is 3.45. The van der Waals surface area contributed by atoms with Gasteiger partial charge in [-0.1, -0.05) is 0 Å². The normalized spacial score (nSPS) is 16.8. The zero-order valence-corrected chi connectivity index (χ0v) is 13.8. The third-order valence-electron chi connectivity index (χ3n) is 4.69. The van der Waals surface area contributed by atoms with Crippen LogP contribution in [-0.2, 0) is 20.1 Å². The van der Waals surface area contributed by atoms with Gasteiger partial charge in [0.05, 0.1) is 18.8 Å². The highest BCUT2D eigenvalue weighted by Crippen LogP contribution is 2.28. The Morgan fingerprint density at radius 3 is 2.54 bits per heavy atom. The number of oxazole rings is 1. The van der Waals surface area contributed by atoms with Crippen LogP contribution in [0.5, 0.6) is 0 Å². The van der Waals surface area contributed by atoms with Gasteiger partial charge in [-0.25, -0.2) is 4.98 Å². The molecule has 4 heterocycles. The van der Waals surface area contributed by atoms with Crippen LogP contribution in [0.1, 0.15) is 51.0 Å². The Hall–Kier alpha value is -2.64. The summed E-state index contributed by atoms with van der Waals surface area (Å²) in [7, 11) is 1.81. The molecule has 4 rings (SSSR count). The molecule has 0 unspecified atom stereocenters. The SMILES string of the molecule is Cc1nc(C(=O)N2Cc3c(C(=O)N4CCCC4)nn(C)c3C2)co1. The van der Waals surface area contributed by atoms with Crippen LogP contribution in [0.4, 0.5) is 0 Å². The third kappa shape index (κ3) is 2.29. The Morgan fingerprint density at radius 2 is 1.88 bits per heavy atom. The predicted octanol–water partition coefficient (Wildman–Crippen LogP) is 1.11. The van der Waals surface area contributed by atoms with Crippen molar-refractivity contribution >= 4 is 11.8 Å². The summed E-state index contributed by atoms with van der Waals surface area (Å²) in [5, 5.41) is 4.40. The highest BCUT2D eigenvalue weighted by molar-refractivity contribution is 5.96. The maximum atomic E-state index is 12.7. The van der Waals surface area contributed by atoms with Crippen LogP contribution in [0.25, 0.3) is 0 Å². The van der Waals surface area contributed by atoms with E-state index < -0.39 is 0 Å². The molecule has 0 atom stereocenters. The second kappa shape index (κ2) is 5.47. The number of aryl methyl sites for hydroxylation is 2. The summed E-state index contributed by atoms with van der Waals surface area (Å²) in [5.41, 5.74) is 2.52. The predicted molar refractivity (Wildman–Crippen MR) is 83.2 cm³/mol. The molecule has 0 aromatic carbocycles. The molecule has 24 heavy (non-hydrogen) atoms. The number of carbonyl (C=O) groups excluding carboxylic acids is 2. The molecule has 2 aliphatic rings. The quantitative estimate of drug-likeness (QED) is 0.824. The van der Waals surface area contributed by atoms with E-state index in [2.05, 4.69) is 10.1 Å². The van der Waals surface area contributed by atoms with Crippen molar-refractivity contribution in [2.24, 2.45) is 7.05 Å². The van der Waals surface area contributed by atoms with Crippen LogP contribution in [0, 0.1) is 6.92 Å². The Kier molecular flexibility index (Phi) is 3.40. The molecule has 0 aliphatic carbocycles. The van der Waals surface area contributed by atoms with Crippen molar-refractivity contribution in [2.45, 2.75) is 32.9 Å². The van der Waals surface area contributed by atoms with E-state index in [0.29, 0.717) is 30.4 Å². The van der Waals surface area contributed by atoms with Crippen molar-refractivity contribution in [1.29, 1.82) is 0 Å². The van der Waals surface area contributed by atoms with E-state index in [1.807, 2.05) is 11.9 Å². The van der Waals surface area contributed by atoms with Gasteiger partial charge in [-0.3, -0.25) is 14.3 Å². The average Bonchev–Trinajstić information content (AvgIpc) is 3.32. The minimum Gasteiger partial charge on any atom is -0.448 e. The van der Waals surface area contributed by atoms with Crippen molar-refractivity contribution in [3.63, 3.8) is 0 Å². The lowest BCUT2D eigenvalue weighted by atomic mass is 10.2. The lowest BCUT2D eigenvalue weighted by Crippen LogP contribution is -2.30. The number of nitrogens with zero attached hydrogens (tertiary/aromatic N) is 5. The fraction of sp³-hybridized carbons (Fsp3) is 0.500. The molecule has 0 bridgehead atoms. The molecule has 0 spiro atoms. The van der Waals surface area contributed by atoms with Gasteiger partial charge < -0.3 is 14.2 Å². The molecule has 2 amide bonds. The summed E-state index contributed by atoms with van der Waals surface area (Å²) in [6, 6.07) is 0. The number of carbonyl (C=O) groups is 2. The third-order valence-corrected chi connectivity index (χ3v) is 4.69. The van der Waals surface area contributed by atoms with Crippen LogP contribution in [-0.4, -0.2) is 49.5 Å². The highest BCUT2D eigenvalue weighted by atomic mass is 16.3. The van der Waals surface area contributed by atoms with Crippen LogP contribution < -0.4 is 0 Å². The molecule has 0 radical (unpaired) electrons.